The molecule has 0 aliphatic rings. The monoisotopic (exact) mass is 270 g/mol. The van der Waals surface area contributed by atoms with E-state index in [9.17, 15) is 26.3 Å². The molecule has 0 saturated carbocycles. The Hall–Kier alpha value is -1.20. The van der Waals surface area contributed by atoms with Crippen LogP contribution in [0.1, 0.15) is 42.0 Å². The molecule has 0 radical (unpaired) electrons. The van der Waals surface area contributed by atoms with E-state index in [4.69, 9.17) is 0 Å². The van der Waals surface area contributed by atoms with E-state index in [1.807, 2.05) is 0 Å². The minimum absolute atomic E-state index is 0.118. The fourth-order valence-corrected chi connectivity index (χ4v) is 1.76. The van der Waals surface area contributed by atoms with Crippen molar-refractivity contribution >= 4 is 0 Å². The van der Waals surface area contributed by atoms with E-state index in [-0.39, 0.29) is 17.2 Å². The first kappa shape index (κ1) is 14.9. The Balaban J connectivity index is 3.57. The molecule has 0 aromatic heterocycles. The van der Waals surface area contributed by atoms with Crippen molar-refractivity contribution in [2.24, 2.45) is 0 Å². The van der Waals surface area contributed by atoms with E-state index in [2.05, 4.69) is 0 Å². The summed E-state index contributed by atoms with van der Waals surface area (Å²) in [6.45, 7) is 4.18. The van der Waals surface area contributed by atoms with Crippen LogP contribution in [0.4, 0.5) is 26.3 Å². The smallest absolute Gasteiger partial charge is 0.166 e. The number of hydrogen-bond acceptors (Lipinski definition) is 0. The Bertz CT molecular complexity index is 439. The largest absolute Gasteiger partial charge is 0.416 e. The van der Waals surface area contributed by atoms with Gasteiger partial charge in [0.15, 0.2) is 0 Å². The lowest BCUT2D eigenvalue weighted by molar-refractivity contribution is -0.143. The topological polar surface area (TPSA) is 0 Å². The highest BCUT2D eigenvalue weighted by atomic mass is 19.4. The summed E-state index contributed by atoms with van der Waals surface area (Å²) in [4.78, 5) is 0. The van der Waals surface area contributed by atoms with Crippen molar-refractivity contribution in [1.82, 2.24) is 0 Å². The van der Waals surface area contributed by atoms with Gasteiger partial charge in [-0.3, -0.25) is 0 Å². The van der Waals surface area contributed by atoms with Crippen molar-refractivity contribution in [3.05, 3.63) is 34.4 Å². The van der Waals surface area contributed by atoms with Gasteiger partial charge in [-0.1, -0.05) is 19.9 Å². The van der Waals surface area contributed by atoms with Crippen LogP contribution in [0.25, 0.3) is 0 Å². The van der Waals surface area contributed by atoms with Gasteiger partial charge < -0.3 is 0 Å². The molecule has 0 spiro atoms. The molecule has 0 saturated heterocycles. The molecule has 102 valence electrons. The first-order valence-electron chi connectivity index (χ1n) is 5.23. The third-order valence-electron chi connectivity index (χ3n) is 2.63. The first-order valence-corrected chi connectivity index (χ1v) is 5.23. The van der Waals surface area contributed by atoms with E-state index in [0.29, 0.717) is 0 Å². The van der Waals surface area contributed by atoms with Crippen LogP contribution in [0.3, 0.4) is 0 Å². The lowest BCUT2D eigenvalue weighted by atomic mass is 9.92. The molecule has 0 heterocycles. The molecule has 1 aromatic carbocycles. The third kappa shape index (κ3) is 2.97. The van der Waals surface area contributed by atoms with Crippen LogP contribution in [-0.2, 0) is 12.4 Å². The summed E-state index contributed by atoms with van der Waals surface area (Å²) in [5, 5.41) is 0. The standard InChI is InChI=1S/C12H12F6/c1-6(2)8-4-7(3)9(11(13,14)15)5-10(8)12(16,17)18/h4-6H,1-3H3. The van der Waals surface area contributed by atoms with E-state index >= 15 is 0 Å². The molecule has 0 nitrogen and oxygen atoms in total. The van der Waals surface area contributed by atoms with E-state index in [0.717, 1.165) is 13.0 Å². The summed E-state index contributed by atoms with van der Waals surface area (Å²) in [5.41, 5.74) is -2.76. The summed E-state index contributed by atoms with van der Waals surface area (Å²) in [6, 6.07) is 1.17. The molecule has 0 unspecified atom stereocenters. The van der Waals surface area contributed by atoms with Gasteiger partial charge in [0.1, 0.15) is 0 Å². The maximum Gasteiger partial charge on any atom is 0.416 e. The highest BCUT2D eigenvalue weighted by Gasteiger charge is 2.39. The second kappa shape index (κ2) is 4.48. The predicted molar refractivity (Wildman–Crippen MR) is 55.3 cm³/mol. The zero-order valence-electron chi connectivity index (χ0n) is 10.00. The van der Waals surface area contributed by atoms with E-state index in [1.54, 1.807) is 0 Å². The molecule has 0 aliphatic heterocycles. The van der Waals surface area contributed by atoms with Gasteiger partial charge in [-0.25, -0.2) is 0 Å². The van der Waals surface area contributed by atoms with Crippen molar-refractivity contribution in [2.75, 3.05) is 0 Å². The molecule has 0 fully saturated rings. The maximum absolute atomic E-state index is 12.7. The van der Waals surface area contributed by atoms with Gasteiger partial charge in [0, 0.05) is 0 Å². The Morgan fingerprint density at radius 3 is 1.61 bits per heavy atom. The molecule has 0 N–H and O–H groups in total. The molecule has 1 rings (SSSR count). The lowest BCUT2D eigenvalue weighted by Gasteiger charge is -2.20. The van der Waals surface area contributed by atoms with Gasteiger partial charge in [0.05, 0.1) is 11.1 Å². The van der Waals surface area contributed by atoms with Gasteiger partial charge in [-0.2, -0.15) is 26.3 Å². The maximum atomic E-state index is 12.7. The normalized spacial score (nSPS) is 13.2. The van der Waals surface area contributed by atoms with Crippen LogP contribution in [0, 0.1) is 6.92 Å². The van der Waals surface area contributed by atoms with Crippen molar-refractivity contribution in [2.45, 2.75) is 39.0 Å². The quantitative estimate of drug-likeness (QED) is 0.618. The highest BCUT2D eigenvalue weighted by molar-refractivity contribution is 5.42. The van der Waals surface area contributed by atoms with Gasteiger partial charge in [-0.05, 0) is 30.0 Å². The lowest BCUT2D eigenvalue weighted by Crippen LogP contribution is -2.15. The Morgan fingerprint density at radius 1 is 0.833 bits per heavy atom. The van der Waals surface area contributed by atoms with Crippen LogP contribution in [0.5, 0.6) is 0 Å². The van der Waals surface area contributed by atoms with Gasteiger partial charge in [-0.15, -0.1) is 0 Å². The van der Waals surface area contributed by atoms with E-state index < -0.39 is 29.4 Å². The van der Waals surface area contributed by atoms with Crippen LogP contribution >= 0.6 is 0 Å². The average molecular weight is 270 g/mol. The van der Waals surface area contributed by atoms with Gasteiger partial charge >= 0.3 is 12.4 Å². The predicted octanol–water partition coefficient (Wildman–Crippen LogP) is 5.16. The van der Waals surface area contributed by atoms with Crippen molar-refractivity contribution in [1.29, 1.82) is 0 Å². The fourth-order valence-electron chi connectivity index (χ4n) is 1.76. The van der Waals surface area contributed by atoms with Gasteiger partial charge in [0.2, 0.25) is 0 Å². The number of alkyl halides is 6. The summed E-state index contributed by atoms with van der Waals surface area (Å²) in [5.74, 6) is -0.498. The molecule has 0 aliphatic carbocycles. The second-order valence-corrected chi connectivity index (χ2v) is 4.40. The highest BCUT2D eigenvalue weighted by Crippen LogP contribution is 2.40. The van der Waals surface area contributed by atoms with Crippen molar-refractivity contribution < 1.29 is 26.3 Å². The van der Waals surface area contributed by atoms with E-state index in [1.165, 1.54) is 13.8 Å². The Labute approximate surface area is 101 Å². The van der Waals surface area contributed by atoms with Crippen LogP contribution in [0.2, 0.25) is 0 Å². The molecule has 0 bridgehead atoms. The van der Waals surface area contributed by atoms with Gasteiger partial charge in [0.25, 0.3) is 0 Å². The number of aryl methyl sites for hydroxylation is 1. The summed E-state index contributed by atoms with van der Waals surface area (Å²) >= 11 is 0. The Morgan fingerprint density at radius 2 is 1.28 bits per heavy atom. The number of halogens is 6. The van der Waals surface area contributed by atoms with Crippen LogP contribution < -0.4 is 0 Å². The van der Waals surface area contributed by atoms with Crippen molar-refractivity contribution in [3.63, 3.8) is 0 Å². The zero-order valence-corrected chi connectivity index (χ0v) is 10.00. The molecular formula is C12H12F6. The molecule has 0 atom stereocenters. The minimum atomic E-state index is -4.78. The summed E-state index contributed by atoms with van der Waals surface area (Å²) in [7, 11) is 0. The molecule has 6 heteroatoms. The number of benzene rings is 1. The zero-order chi connectivity index (χ0) is 14.3. The van der Waals surface area contributed by atoms with Crippen LogP contribution in [0.15, 0.2) is 12.1 Å². The molecule has 18 heavy (non-hydrogen) atoms. The minimum Gasteiger partial charge on any atom is -0.166 e. The number of hydrogen-bond donors (Lipinski definition) is 0. The van der Waals surface area contributed by atoms with Crippen LogP contribution in [-0.4, -0.2) is 0 Å². The first-order chi connectivity index (χ1) is 7.94. The fraction of sp³-hybridized carbons (Fsp3) is 0.500. The molecule has 1 aromatic rings. The molecular weight excluding hydrogens is 258 g/mol. The summed E-state index contributed by atoms with van der Waals surface area (Å²) < 4.78 is 76.0. The van der Waals surface area contributed by atoms with Crippen molar-refractivity contribution in [3.8, 4) is 0 Å². The SMILES string of the molecule is Cc1cc(C(C)C)c(C(F)(F)F)cc1C(F)(F)F. The Kier molecular flexibility index (Phi) is 3.70. The average Bonchev–Trinajstić information content (AvgIpc) is 2.12. The third-order valence-corrected chi connectivity index (χ3v) is 2.63. The summed E-state index contributed by atoms with van der Waals surface area (Å²) in [6.07, 6.45) is -9.56. The number of rotatable bonds is 1. The molecule has 0 amide bonds. The second-order valence-electron chi connectivity index (χ2n) is 4.40.